The van der Waals surface area contributed by atoms with Gasteiger partial charge in [-0.3, -0.25) is 4.79 Å². The lowest BCUT2D eigenvalue weighted by atomic mass is 10.2. The van der Waals surface area contributed by atoms with Crippen molar-refractivity contribution in [2.24, 2.45) is 0 Å². The molecule has 1 N–H and O–H groups in total. The largest absolute Gasteiger partial charge is 0.495 e. The number of hydrogen-bond acceptors (Lipinski definition) is 5. The summed E-state index contributed by atoms with van der Waals surface area (Å²) in [5.74, 6) is 0.567. The number of aromatic nitrogens is 4. The van der Waals surface area contributed by atoms with Crippen molar-refractivity contribution in [3.05, 3.63) is 52.5 Å². The minimum Gasteiger partial charge on any atom is -0.495 e. The summed E-state index contributed by atoms with van der Waals surface area (Å²) in [5, 5.41) is 15.6. The molecule has 25 heavy (non-hydrogen) atoms. The lowest BCUT2D eigenvalue weighted by Gasteiger charge is -2.07. The minimum atomic E-state index is -0.315. The van der Waals surface area contributed by atoms with Crippen LogP contribution < -0.4 is 10.1 Å². The Kier molecular flexibility index (Phi) is 5.16. The van der Waals surface area contributed by atoms with Crippen molar-refractivity contribution in [3.63, 3.8) is 0 Å². The van der Waals surface area contributed by atoms with Crippen LogP contribution in [0.3, 0.4) is 0 Å². The minimum absolute atomic E-state index is 0.0961. The van der Waals surface area contributed by atoms with Crippen molar-refractivity contribution in [1.82, 2.24) is 20.2 Å². The number of nitrogens with zero attached hydrogens (tertiary/aromatic N) is 4. The molecule has 9 heteroatoms. The molecule has 1 heterocycles. The van der Waals surface area contributed by atoms with E-state index >= 15 is 0 Å². The second-order valence-electron chi connectivity index (χ2n) is 5.02. The first-order chi connectivity index (χ1) is 12.1. The molecule has 1 aromatic heterocycles. The molecule has 0 atom stereocenters. The number of carbonyl (C=O) groups is 1. The summed E-state index contributed by atoms with van der Waals surface area (Å²) in [4.78, 5) is 13.3. The van der Waals surface area contributed by atoms with Crippen LogP contribution in [0.1, 0.15) is 0 Å². The summed E-state index contributed by atoms with van der Waals surface area (Å²) in [7, 11) is 1.52. The molecular formula is C16H13Cl2N5O2. The Hall–Kier alpha value is -2.64. The van der Waals surface area contributed by atoms with Gasteiger partial charge in [-0.2, -0.15) is 4.80 Å². The summed E-state index contributed by atoms with van der Waals surface area (Å²) in [5.41, 5.74) is 1.19. The quantitative estimate of drug-likeness (QED) is 0.737. The summed E-state index contributed by atoms with van der Waals surface area (Å²) < 4.78 is 5.07. The van der Waals surface area contributed by atoms with Crippen LogP contribution in [0.15, 0.2) is 42.5 Å². The first-order valence-corrected chi connectivity index (χ1v) is 7.98. The Morgan fingerprint density at radius 2 is 2.00 bits per heavy atom. The highest BCUT2D eigenvalue weighted by atomic mass is 35.5. The number of anilines is 1. The van der Waals surface area contributed by atoms with E-state index in [1.165, 1.54) is 11.9 Å². The van der Waals surface area contributed by atoms with E-state index in [0.29, 0.717) is 32.9 Å². The Balaban J connectivity index is 1.68. The number of tetrazole rings is 1. The van der Waals surface area contributed by atoms with Crippen molar-refractivity contribution in [1.29, 1.82) is 0 Å². The van der Waals surface area contributed by atoms with E-state index in [4.69, 9.17) is 27.9 Å². The summed E-state index contributed by atoms with van der Waals surface area (Å²) in [6.45, 7) is -0.0961. The number of methoxy groups -OCH3 is 1. The smallest absolute Gasteiger partial charge is 0.248 e. The third-order valence-corrected chi connectivity index (χ3v) is 3.91. The molecule has 0 bridgehead atoms. The zero-order valence-electron chi connectivity index (χ0n) is 13.1. The summed E-state index contributed by atoms with van der Waals surface area (Å²) >= 11 is 12.1. The molecule has 0 fully saturated rings. The molecule has 0 aliphatic carbocycles. The van der Waals surface area contributed by atoms with Gasteiger partial charge < -0.3 is 10.1 Å². The van der Waals surface area contributed by atoms with Gasteiger partial charge in [0.2, 0.25) is 11.7 Å². The van der Waals surface area contributed by atoms with E-state index < -0.39 is 0 Å². The predicted molar refractivity (Wildman–Crippen MR) is 94.9 cm³/mol. The summed E-state index contributed by atoms with van der Waals surface area (Å²) in [6, 6.07) is 12.1. The van der Waals surface area contributed by atoms with E-state index in [-0.39, 0.29) is 12.5 Å². The molecular weight excluding hydrogens is 365 g/mol. The maximum absolute atomic E-state index is 12.1. The number of benzene rings is 2. The van der Waals surface area contributed by atoms with E-state index in [1.54, 1.807) is 30.3 Å². The van der Waals surface area contributed by atoms with Crippen molar-refractivity contribution >= 4 is 34.8 Å². The van der Waals surface area contributed by atoms with Gasteiger partial charge in [0.15, 0.2) is 0 Å². The average Bonchev–Trinajstić information content (AvgIpc) is 3.03. The van der Waals surface area contributed by atoms with Crippen LogP contribution in [0, 0.1) is 0 Å². The van der Waals surface area contributed by atoms with Crippen LogP contribution >= 0.6 is 23.2 Å². The second kappa shape index (κ2) is 7.50. The van der Waals surface area contributed by atoms with Crippen LogP contribution in [0.2, 0.25) is 10.0 Å². The van der Waals surface area contributed by atoms with Gasteiger partial charge in [-0.05, 0) is 35.5 Å². The highest BCUT2D eigenvalue weighted by molar-refractivity contribution is 6.33. The molecule has 128 valence electrons. The molecule has 0 spiro atoms. The van der Waals surface area contributed by atoms with E-state index in [1.807, 2.05) is 12.1 Å². The average molecular weight is 378 g/mol. The molecule has 3 aromatic rings. The third-order valence-electron chi connectivity index (χ3n) is 3.29. The standard InChI is InChI=1S/C16H13Cl2N5O2/c1-25-14-7-6-10(8-13(14)18)19-15(24)9-23-21-16(20-22-23)11-4-2-3-5-12(11)17/h2-8H,9H2,1H3,(H,19,24). The Morgan fingerprint density at radius 3 is 2.72 bits per heavy atom. The number of hydrogen-bond donors (Lipinski definition) is 1. The van der Waals surface area contributed by atoms with Gasteiger partial charge >= 0.3 is 0 Å². The highest BCUT2D eigenvalue weighted by Crippen LogP contribution is 2.27. The maximum atomic E-state index is 12.1. The van der Waals surface area contributed by atoms with E-state index in [0.717, 1.165) is 0 Å². The van der Waals surface area contributed by atoms with E-state index in [2.05, 4.69) is 20.7 Å². The van der Waals surface area contributed by atoms with Crippen molar-refractivity contribution in [2.45, 2.75) is 6.54 Å². The van der Waals surface area contributed by atoms with Crippen LogP contribution in [0.25, 0.3) is 11.4 Å². The highest BCUT2D eigenvalue weighted by Gasteiger charge is 2.12. The van der Waals surface area contributed by atoms with Gasteiger partial charge in [0.25, 0.3) is 0 Å². The van der Waals surface area contributed by atoms with E-state index in [9.17, 15) is 4.79 Å². The molecule has 0 saturated carbocycles. The molecule has 0 aliphatic heterocycles. The first-order valence-electron chi connectivity index (χ1n) is 7.23. The fraction of sp³-hybridized carbons (Fsp3) is 0.125. The van der Waals surface area contributed by atoms with Crippen molar-refractivity contribution < 1.29 is 9.53 Å². The number of carbonyl (C=O) groups excluding carboxylic acids is 1. The Labute approximate surface area is 153 Å². The molecule has 0 unspecified atom stereocenters. The van der Waals surface area contributed by atoms with Gasteiger partial charge in [0.1, 0.15) is 12.3 Å². The molecule has 0 aliphatic rings. The predicted octanol–water partition coefficient (Wildman–Crippen LogP) is 3.29. The van der Waals surface area contributed by atoms with Crippen LogP contribution in [0.4, 0.5) is 5.69 Å². The number of nitrogens with one attached hydrogen (secondary N) is 1. The molecule has 7 nitrogen and oxygen atoms in total. The molecule has 3 rings (SSSR count). The third kappa shape index (κ3) is 4.07. The van der Waals surface area contributed by atoms with Crippen LogP contribution in [-0.2, 0) is 11.3 Å². The van der Waals surface area contributed by atoms with Crippen LogP contribution in [0.5, 0.6) is 5.75 Å². The zero-order chi connectivity index (χ0) is 17.8. The van der Waals surface area contributed by atoms with Gasteiger partial charge in [0.05, 0.1) is 17.2 Å². The lowest BCUT2D eigenvalue weighted by Crippen LogP contribution is -2.20. The number of amides is 1. The monoisotopic (exact) mass is 377 g/mol. The lowest BCUT2D eigenvalue weighted by molar-refractivity contribution is -0.117. The fourth-order valence-corrected chi connectivity index (χ4v) is 2.61. The SMILES string of the molecule is COc1ccc(NC(=O)Cn2nnc(-c3ccccc3Cl)n2)cc1Cl. The summed E-state index contributed by atoms with van der Waals surface area (Å²) in [6.07, 6.45) is 0. The number of rotatable bonds is 5. The molecule has 0 saturated heterocycles. The second-order valence-corrected chi connectivity index (χ2v) is 5.84. The van der Waals surface area contributed by atoms with Crippen LogP contribution in [-0.4, -0.2) is 33.2 Å². The Morgan fingerprint density at radius 1 is 1.20 bits per heavy atom. The molecule has 0 radical (unpaired) electrons. The van der Waals surface area contributed by atoms with Crippen molar-refractivity contribution in [3.8, 4) is 17.1 Å². The zero-order valence-corrected chi connectivity index (χ0v) is 14.6. The van der Waals surface area contributed by atoms with Gasteiger partial charge in [-0.25, -0.2) is 0 Å². The number of halogens is 2. The topological polar surface area (TPSA) is 81.9 Å². The van der Waals surface area contributed by atoms with Crippen molar-refractivity contribution in [2.75, 3.05) is 12.4 Å². The maximum Gasteiger partial charge on any atom is 0.248 e. The van der Waals surface area contributed by atoms with Gasteiger partial charge in [0, 0.05) is 11.3 Å². The first kappa shape index (κ1) is 17.2. The molecule has 2 aromatic carbocycles. The van der Waals surface area contributed by atoms with Gasteiger partial charge in [-0.15, -0.1) is 10.2 Å². The molecule has 1 amide bonds. The van der Waals surface area contributed by atoms with Gasteiger partial charge in [-0.1, -0.05) is 35.3 Å². The number of ether oxygens (including phenoxy) is 1. The normalized spacial score (nSPS) is 10.5. The fourth-order valence-electron chi connectivity index (χ4n) is 2.13. The Bertz CT molecular complexity index is 913.